The van der Waals surface area contributed by atoms with Gasteiger partial charge in [-0.1, -0.05) is 80.8 Å². The van der Waals surface area contributed by atoms with Crippen molar-refractivity contribution in [2.75, 3.05) is 17.4 Å². The first-order valence-electron chi connectivity index (χ1n) is 15.0. The Balaban J connectivity index is 1.68. The van der Waals surface area contributed by atoms with Crippen LogP contribution in [0.2, 0.25) is 0 Å². The Morgan fingerprint density at radius 2 is 1.48 bits per heavy atom. The van der Waals surface area contributed by atoms with Gasteiger partial charge in [-0.3, -0.25) is 13.9 Å². The molecule has 0 saturated heterocycles. The maximum atomic E-state index is 14.2. The first kappa shape index (κ1) is 31.3. The highest BCUT2D eigenvalue weighted by Crippen LogP contribution is 2.27. The molecular weight excluding hydrogens is 546 g/mol. The molecule has 224 valence electrons. The summed E-state index contributed by atoms with van der Waals surface area (Å²) in [5, 5.41) is 3.19. The number of hydrogen-bond donors (Lipinski definition) is 1. The lowest BCUT2D eigenvalue weighted by molar-refractivity contribution is -0.140. The molecule has 4 rings (SSSR count). The van der Waals surface area contributed by atoms with Gasteiger partial charge in [-0.25, -0.2) is 8.42 Å². The minimum absolute atomic E-state index is 0.106. The predicted molar refractivity (Wildman–Crippen MR) is 168 cm³/mol. The average Bonchev–Trinajstić information content (AvgIpc) is 2.98. The van der Waals surface area contributed by atoms with Crippen molar-refractivity contribution < 1.29 is 18.0 Å². The van der Waals surface area contributed by atoms with Crippen LogP contribution in [0.25, 0.3) is 0 Å². The van der Waals surface area contributed by atoms with Crippen molar-refractivity contribution in [1.29, 1.82) is 0 Å². The summed E-state index contributed by atoms with van der Waals surface area (Å²) in [5.74, 6) is -0.579. The summed E-state index contributed by atoms with van der Waals surface area (Å²) in [6.07, 6.45) is 6.20. The lowest BCUT2D eigenvalue weighted by Gasteiger charge is -2.34. The van der Waals surface area contributed by atoms with Gasteiger partial charge < -0.3 is 10.2 Å². The Kier molecular flexibility index (Phi) is 10.8. The maximum Gasteiger partial charge on any atom is 0.264 e. The predicted octanol–water partition coefficient (Wildman–Crippen LogP) is 5.80. The van der Waals surface area contributed by atoms with Crippen molar-refractivity contribution in [1.82, 2.24) is 10.2 Å². The second-order valence-corrected chi connectivity index (χ2v) is 13.1. The summed E-state index contributed by atoms with van der Waals surface area (Å²) in [4.78, 5) is 29.6. The van der Waals surface area contributed by atoms with E-state index >= 15 is 0 Å². The zero-order chi connectivity index (χ0) is 30.1. The third kappa shape index (κ3) is 8.00. The van der Waals surface area contributed by atoms with Crippen LogP contribution in [0.1, 0.15) is 62.1 Å². The van der Waals surface area contributed by atoms with Gasteiger partial charge in [0.1, 0.15) is 12.6 Å². The lowest BCUT2D eigenvalue weighted by Crippen LogP contribution is -2.54. The van der Waals surface area contributed by atoms with Crippen LogP contribution in [0.5, 0.6) is 0 Å². The maximum absolute atomic E-state index is 14.2. The number of nitrogens with zero attached hydrogens (tertiary/aromatic N) is 2. The van der Waals surface area contributed by atoms with Crippen LogP contribution in [0.3, 0.4) is 0 Å². The normalized spacial score (nSPS) is 14.6. The smallest absolute Gasteiger partial charge is 0.264 e. The third-order valence-electron chi connectivity index (χ3n) is 7.93. The molecule has 1 saturated carbocycles. The van der Waals surface area contributed by atoms with Crippen molar-refractivity contribution in [3.05, 3.63) is 95.6 Å². The molecule has 0 bridgehead atoms. The number of sulfonamides is 1. The second kappa shape index (κ2) is 14.5. The van der Waals surface area contributed by atoms with Crippen LogP contribution in [0, 0.1) is 13.8 Å². The molecular formula is C34H43N3O4S. The molecule has 1 aliphatic rings. The van der Waals surface area contributed by atoms with E-state index < -0.39 is 28.5 Å². The van der Waals surface area contributed by atoms with Gasteiger partial charge in [0.2, 0.25) is 11.8 Å². The van der Waals surface area contributed by atoms with E-state index in [0.29, 0.717) is 25.1 Å². The molecule has 1 aliphatic carbocycles. The number of carbonyl (C=O) groups is 2. The molecule has 3 aromatic carbocycles. The molecule has 1 fully saturated rings. The highest BCUT2D eigenvalue weighted by Gasteiger charge is 2.34. The molecule has 0 heterocycles. The highest BCUT2D eigenvalue weighted by molar-refractivity contribution is 7.92. The Labute approximate surface area is 251 Å². The summed E-state index contributed by atoms with van der Waals surface area (Å²) in [5.41, 5.74) is 3.25. The van der Waals surface area contributed by atoms with Crippen molar-refractivity contribution in [3.63, 3.8) is 0 Å². The van der Waals surface area contributed by atoms with Crippen LogP contribution < -0.4 is 9.62 Å². The first-order chi connectivity index (χ1) is 20.2. The van der Waals surface area contributed by atoms with Gasteiger partial charge in [0.25, 0.3) is 10.0 Å². The van der Waals surface area contributed by atoms with Crippen LogP contribution in [-0.2, 0) is 26.0 Å². The van der Waals surface area contributed by atoms with E-state index in [0.717, 1.165) is 42.4 Å². The van der Waals surface area contributed by atoms with Crippen LogP contribution in [0.4, 0.5) is 5.69 Å². The summed E-state index contributed by atoms with van der Waals surface area (Å²) in [6, 6.07) is 22.9. The molecule has 1 atom stereocenters. The number of amides is 2. The topological polar surface area (TPSA) is 86.8 Å². The average molecular weight is 590 g/mol. The van der Waals surface area contributed by atoms with Gasteiger partial charge in [-0.05, 0) is 80.5 Å². The van der Waals surface area contributed by atoms with Crippen molar-refractivity contribution in [2.24, 2.45) is 0 Å². The fraction of sp³-hybridized carbons (Fsp3) is 0.412. The second-order valence-electron chi connectivity index (χ2n) is 11.3. The summed E-state index contributed by atoms with van der Waals surface area (Å²) >= 11 is 0. The Morgan fingerprint density at radius 1 is 0.881 bits per heavy atom. The standard InChI is InChI=1S/C34H43N3O4S/c1-4-32(34(39)35-29-16-10-6-11-17-29)36(21-20-28-14-8-5-9-15-28)33(38)25-37(30-23-26(2)22-27(3)24-30)42(40,41)31-18-12-7-13-19-31/h5,7-9,12-15,18-19,22-24,29,32H,4,6,10-11,16-17,20-21,25H2,1-3H3,(H,35,39). The molecule has 0 aromatic heterocycles. The van der Waals surface area contributed by atoms with E-state index in [1.54, 1.807) is 35.2 Å². The SMILES string of the molecule is CCC(C(=O)NC1CCCCC1)N(CCc1ccccc1)C(=O)CN(c1cc(C)cc(C)c1)S(=O)(=O)c1ccccc1. The Hall–Kier alpha value is -3.65. The van der Waals surface area contributed by atoms with Gasteiger partial charge in [-0.2, -0.15) is 0 Å². The van der Waals surface area contributed by atoms with E-state index in [1.165, 1.54) is 22.9 Å². The fourth-order valence-corrected chi connectivity index (χ4v) is 7.20. The van der Waals surface area contributed by atoms with Crippen LogP contribution in [0.15, 0.2) is 83.8 Å². The minimum atomic E-state index is -4.07. The molecule has 0 radical (unpaired) electrons. The quantitative estimate of drug-likeness (QED) is 0.289. The van der Waals surface area contributed by atoms with Gasteiger partial charge in [-0.15, -0.1) is 0 Å². The van der Waals surface area contributed by atoms with Gasteiger partial charge in [0.05, 0.1) is 10.6 Å². The van der Waals surface area contributed by atoms with E-state index in [2.05, 4.69) is 5.32 Å². The zero-order valence-electron chi connectivity index (χ0n) is 25.0. The Morgan fingerprint density at radius 3 is 2.07 bits per heavy atom. The Bertz CT molecular complexity index is 1420. The van der Waals surface area contributed by atoms with Gasteiger partial charge in [0.15, 0.2) is 0 Å². The van der Waals surface area contributed by atoms with Crippen molar-refractivity contribution in [2.45, 2.75) is 82.7 Å². The number of anilines is 1. The molecule has 8 heteroatoms. The monoisotopic (exact) mass is 589 g/mol. The molecule has 1 N–H and O–H groups in total. The number of aryl methyl sites for hydroxylation is 2. The van der Waals surface area contributed by atoms with Crippen LogP contribution >= 0.6 is 0 Å². The fourth-order valence-electron chi connectivity index (χ4n) is 5.78. The lowest BCUT2D eigenvalue weighted by atomic mass is 9.95. The summed E-state index contributed by atoms with van der Waals surface area (Å²) < 4.78 is 29.2. The third-order valence-corrected chi connectivity index (χ3v) is 9.71. The molecule has 0 spiro atoms. The molecule has 0 aliphatic heterocycles. The number of rotatable bonds is 12. The number of hydrogen-bond acceptors (Lipinski definition) is 4. The minimum Gasteiger partial charge on any atom is -0.352 e. The first-order valence-corrected chi connectivity index (χ1v) is 16.4. The zero-order valence-corrected chi connectivity index (χ0v) is 25.8. The van der Waals surface area contributed by atoms with E-state index in [1.807, 2.05) is 57.2 Å². The van der Waals surface area contributed by atoms with Crippen LogP contribution in [-0.4, -0.2) is 50.3 Å². The number of carbonyl (C=O) groups excluding carboxylic acids is 2. The molecule has 42 heavy (non-hydrogen) atoms. The molecule has 2 amide bonds. The molecule has 7 nitrogen and oxygen atoms in total. The van der Waals surface area contributed by atoms with Crippen molar-refractivity contribution in [3.8, 4) is 0 Å². The van der Waals surface area contributed by atoms with Crippen molar-refractivity contribution >= 4 is 27.5 Å². The van der Waals surface area contributed by atoms with E-state index in [9.17, 15) is 18.0 Å². The van der Waals surface area contributed by atoms with E-state index in [4.69, 9.17) is 0 Å². The molecule has 1 unspecified atom stereocenters. The summed E-state index contributed by atoms with van der Waals surface area (Å²) in [6.45, 7) is 5.59. The molecule has 3 aromatic rings. The van der Waals surface area contributed by atoms with Gasteiger partial charge in [0, 0.05) is 12.6 Å². The highest BCUT2D eigenvalue weighted by atomic mass is 32.2. The number of nitrogens with one attached hydrogen (secondary N) is 1. The number of benzene rings is 3. The largest absolute Gasteiger partial charge is 0.352 e. The van der Waals surface area contributed by atoms with E-state index in [-0.39, 0.29) is 16.8 Å². The van der Waals surface area contributed by atoms with Gasteiger partial charge >= 0.3 is 0 Å². The summed E-state index contributed by atoms with van der Waals surface area (Å²) in [7, 11) is -4.07.